The maximum absolute atomic E-state index is 2.45. The first-order valence-corrected chi connectivity index (χ1v) is 19.4. The number of thioether (sulfide) groups is 1. The molecule has 8 aromatic carbocycles. The molecule has 1 aromatic heterocycles. The molecule has 0 radical (unpaired) electrons. The average molecular weight is 694 g/mol. The Morgan fingerprint density at radius 3 is 1.75 bits per heavy atom. The molecule has 1 aliphatic carbocycles. The number of hydrogen-bond donors (Lipinski definition) is 0. The summed E-state index contributed by atoms with van der Waals surface area (Å²) in [5, 5.41) is 8.16. The van der Waals surface area contributed by atoms with Gasteiger partial charge in [0.25, 0.3) is 0 Å². The summed E-state index contributed by atoms with van der Waals surface area (Å²) < 4.78 is 2.45. The third kappa shape index (κ3) is 4.72. The number of rotatable bonds is 4. The monoisotopic (exact) mass is 693 g/mol. The van der Waals surface area contributed by atoms with Gasteiger partial charge in [0.2, 0.25) is 0 Å². The number of aromatic nitrogens is 1. The molecule has 1 nitrogen and oxygen atoms in total. The van der Waals surface area contributed by atoms with Crippen molar-refractivity contribution in [2.45, 2.75) is 23.0 Å². The summed E-state index contributed by atoms with van der Waals surface area (Å²) in [5.74, 6) is 0.453. The summed E-state index contributed by atoms with van der Waals surface area (Å²) in [7, 11) is 0. The first kappa shape index (κ1) is 30.5. The van der Waals surface area contributed by atoms with Crippen LogP contribution in [0.2, 0.25) is 0 Å². The van der Waals surface area contributed by atoms with E-state index in [1.54, 1.807) is 0 Å². The van der Waals surface area contributed by atoms with E-state index in [0.717, 1.165) is 0 Å². The summed E-state index contributed by atoms with van der Waals surface area (Å²) in [6, 6.07) is 58.7. The second kappa shape index (κ2) is 12.0. The molecule has 53 heavy (non-hydrogen) atoms. The Hall–Kier alpha value is -6.09. The maximum atomic E-state index is 2.45. The van der Waals surface area contributed by atoms with E-state index in [4.69, 9.17) is 0 Å². The lowest BCUT2D eigenvalue weighted by Crippen LogP contribution is -2.06. The Morgan fingerprint density at radius 1 is 0.472 bits per heavy atom. The lowest BCUT2D eigenvalue weighted by Gasteiger charge is -2.18. The quantitative estimate of drug-likeness (QED) is 0.166. The molecule has 0 bridgehead atoms. The minimum absolute atomic E-state index is 0.453. The minimum Gasteiger partial charge on any atom is -0.309 e. The predicted octanol–water partition coefficient (Wildman–Crippen LogP) is 14.1. The topological polar surface area (TPSA) is 4.93 Å². The Balaban J connectivity index is 1.07. The van der Waals surface area contributed by atoms with Crippen molar-refractivity contribution in [2.24, 2.45) is 0 Å². The van der Waals surface area contributed by atoms with Crippen molar-refractivity contribution in [3.05, 3.63) is 193 Å². The van der Waals surface area contributed by atoms with Gasteiger partial charge in [-0.15, -0.1) is 11.8 Å². The van der Waals surface area contributed by atoms with Crippen LogP contribution >= 0.6 is 11.8 Å². The van der Waals surface area contributed by atoms with Gasteiger partial charge in [0.05, 0.1) is 11.0 Å². The number of benzene rings is 8. The molecule has 2 unspecified atom stereocenters. The van der Waals surface area contributed by atoms with Gasteiger partial charge in [-0.2, -0.15) is 0 Å². The largest absolute Gasteiger partial charge is 0.309 e. The van der Waals surface area contributed by atoms with Crippen LogP contribution in [0.1, 0.15) is 17.0 Å². The van der Waals surface area contributed by atoms with Crippen LogP contribution in [0.5, 0.6) is 0 Å². The van der Waals surface area contributed by atoms with Gasteiger partial charge in [0, 0.05) is 32.5 Å². The van der Waals surface area contributed by atoms with Gasteiger partial charge in [-0.3, -0.25) is 0 Å². The third-order valence-electron chi connectivity index (χ3n) is 11.4. The molecular weight excluding hydrogens is 659 g/mol. The van der Waals surface area contributed by atoms with E-state index in [1.807, 2.05) is 11.8 Å². The minimum atomic E-state index is 0.453. The molecule has 11 rings (SSSR count). The van der Waals surface area contributed by atoms with Gasteiger partial charge in [0.1, 0.15) is 0 Å². The third-order valence-corrected chi connectivity index (χ3v) is 12.8. The van der Waals surface area contributed by atoms with Gasteiger partial charge in [0.15, 0.2) is 0 Å². The van der Waals surface area contributed by atoms with Crippen LogP contribution in [-0.2, 0) is 0 Å². The van der Waals surface area contributed by atoms with Gasteiger partial charge in [-0.25, -0.2) is 0 Å². The number of fused-ring (bicyclic) bond motifs is 8. The summed E-state index contributed by atoms with van der Waals surface area (Å²) in [6.07, 6.45) is 9.12. The first-order chi connectivity index (χ1) is 26.2. The fraction of sp³-hybridized carbons (Fsp3) is 0.0588. The molecule has 0 N–H and O–H groups in total. The van der Waals surface area contributed by atoms with Crippen LogP contribution in [0, 0.1) is 6.92 Å². The lowest BCUT2D eigenvalue weighted by atomic mass is 9.86. The summed E-state index contributed by atoms with van der Waals surface area (Å²) in [4.78, 5) is 1.42. The highest BCUT2D eigenvalue weighted by atomic mass is 32.2. The fourth-order valence-corrected chi connectivity index (χ4v) is 10.5. The highest BCUT2D eigenvalue weighted by Crippen LogP contribution is 2.52. The lowest BCUT2D eigenvalue weighted by molar-refractivity contribution is 0.881. The van der Waals surface area contributed by atoms with Crippen LogP contribution in [-0.4, -0.2) is 9.82 Å². The molecule has 2 heteroatoms. The van der Waals surface area contributed by atoms with Gasteiger partial charge < -0.3 is 4.57 Å². The van der Waals surface area contributed by atoms with E-state index in [-0.39, 0.29) is 0 Å². The first-order valence-electron chi connectivity index (χ1n) is 18.5. The molecule has 2 aliphatic rings. The zero-order chi connectivity index (χ0) is 35.0. The van der Waals surface area contributed by atoms with E-state index in [9.17, 15) is 0 Å². The molecule has 0 saturated carbocycles. The number of hydrogen-bond acceptors (Lipinski definition) is 1. The van der Waals surface area contributed by atoms with Gasteiger partial charge in [-0.05, 0) is 104 Å². The zero-order valence-electron chi connectivity index (χ0n) is 29.3. The zero-order valence-corrected chi connectivity index (χ0v) is 30.1. The highest BCUT2D eigenvalue weighted by Gasteiger charge is 2.32. The van der Waals surface area contributed by atoms with E-state index in [1.165, 1.54) is 98.4 Å². The average Bonchev–Trinajstić information content (AvgIpc) is 3.75. The van der Waals surface area contributed by atoms with Gasteiger partial charge in [-0.1, -0.05) is 151 Å². The van der Waals surface area contributed by atoms with Crippen LogP contribution in [0.25, 0.3) is 82.4 Å². The predicted molar refractivity (Wildman–Crippen MR) is 228 cm³/mol. The molecule has 9 aromatic rings. The Bertz CT molecular complexity index is 2920. The maximum Gasteiger partial charge on any atom is 0.0541 e. The standard InChI is InChI=1S/C51H35NS/c1-32-22-28-46-44(30-32)45-31-35(37-19-11-20-43-38-14-9-10-21-48(38)53-51(37)43)25-29-47(45)52(46)36-26-23-34(24-27-36)50-41-17-7-5-15-39(41)49(33-12-3-2-4-13-33)40-16-6-8-18-42(40)50/h2-31,38,48H,1H3. The van der Waals surface area contributed by atoms with Crippen molar-refractivity contribution in [1.82, 2.24) is 4.57 Å². The molecular formula is C51H35NS. The van der Waals surface area contributed by atoms with Crippen molar-refractivity contribution in [3.8, 4) is 39.1 Å². The van der Waals surface area contributed by atoms with Crippen LogP contribution < -0.4 is 0 Å². The van der Waals surface area contributed by atoms with Crippen LogP contribution in [0.15, 0.2) is 187 Å². The second-order valence-electron chi connectivity index (χ2n) is 14.4. The number of nitrogens with zero attached hydrogens (tertiary/aromatic N) is 1. The molecule has 0 fully saturated rings. The highest BCUT2D eigenvalue weighted by molar-refractivity contribution is 8.00. The van der Waals surface area contributed by atoms with E-state index in [0.29, 0.717) is 11.2 Å². The molecule has 0 amide bonds. The van der Waals surface area contributed by atoms with Crippen molar-refractivity contribution in [1.29, 1.82) is 0 Å². The normalized spacial score (nSPS) is 16.2. The molecule has 250 valence electrons. The Labute approximate surface area is 313 Å². The number of allylic oxidation sites excluding steroid dienone is 3. The second-order valence-corrected chi connectivity index (χ2v) is 15.6. The van der Waals surface area contributed by atoms with E-state index >= 15 is 0 Å². The van der Waals surface area contributed by atoms with Crippen molar-refractivity contribution < 1.29 is 0 Å². The Morgan fingerprint density at radius 2 is 1.06 bits per heavy atom. The SMILES string of the molecule is Cc1ccc2c(c1)c1cc(-c3cccc4c3SC3C=CC=CC43)ccc1n2-c1ccc(-c2c3ccccc3c(-c3ccccc3)c3ccccc23)cc1. The smallest absolute Gasteiger partial charge is 0.0541 e. The summed E-state index contributed by atoms with van der Waals surface area (Å²) in [6.45, 7) is 2.20. The molecule has 1 aliphatic heterocycles. The number of aryl methyl sites for hydroxylation is 1. The molecule has 0 saturated heterocycles. The molecule has 2 heterocycles. The van der Waals surface area contributed by atoms with Crippen LogP contribution in [0.4, 0.5) is 0 Å². The van der Waals surface area contributed by atoms with E-state index < -0.39 is 0 Å². The Kier molecular flexibility index (Phi) is 6.90. The summed E-state index contributed by atoms with van der Waals surface area (Å²) >= 11 is 2.01. The van der Waals surface area contributed by atoms with Gasteiger partial charge >= 0.3 is 0 Å². The molecule has 2 atom stereocenters. The van der Waals surface area contributed by atoms with Crippen LogP contribution in [0.3, 0.4) is 0 Å². The van der Waals surface area contributed by atoms with E-state index in [2.05, 4.69) is 194 Å². The summed E-state index contributed by atoms with van der Waals surface area (Å²) in [5.41, 5.74) is 14.0. The fourth-order valence-electron chi connectivity index (χ4n) is 9.01. The van der Waals surface area contributed by atoms with Crippen molar-refractivity contribution in [2.75, 3.05) is 0 Å². The van der Waals surface area contributed by atoms with Crippen molar-refractivity contribution in [3.63, 3.8) is 0 Å². The molecule has 0 spiro atoms. The van der Waals surface area contributed by atoms with Crippen molar-refractivity contribution >= 4 is 55.1 Å².